The van der Waals surface area contributed by atoms with E-state index in [4.69, 9.17) is 15.6 Å². The Balaban J connectivity index is 3.83. The molecule has 0 fully saturated rings. The van der Waals surface area contributed by atoms with Crippen molar-refractivity contribution in [1.29, 1.82) is 0 Å². The smallest absolute Gasteiger partial charge is 0.472 e. The van der Waals surface area contributed by atoms with E-state index in [0.29, 0.717) is 6.42 Å². The van der Waals surface area contributed by atoms with Crippen LogP contribution in [0.1, 0.15) is 71.1 Å². The van der Waals surface area contributed by atoms with Crippen LogP contribution in [0, 0.1) is 0 Å². The molecule has 0 aliphatic heterocycles. The van der Waals surface area contributed by atoms with Crippen molar-refractivity contribution in [3.63, 3.8) is 0 Å². The maximum atomic E-state index is 11.7. The second-order valence-corrected chi connectivity index (χ2v) is 10.1. The van der Waals surface area contributed by atoms with Gasteiger partial charge in [-0.15, -0.1) is 0 Å². The zero-order valence-electron chi connectivity index (χ0n) is 22.9. The molecule has 1 unspecified atom stereocenters. The molecule has 0 aromatic rings. The molecule has 3 atom stereocenters. The Hall–Kier alpha value is -2.33. The molecule has 0 amide bonds. The number of allylic oxidation sites excluding steroid dienone is 9. The van der Waals surface area contributed by atoms with Gasteiger partial charge in [-0.1, -0.05) is 86.9 Å². The van der Waals surface area contributed by atoms with E-state index in [1.54, 1.807) is 6.08 Å². The number of carbonyl (C=O) groups is 2. The molecular formula is C28H46NO9P. The third kappa shape index (κ3) is 25.7. The molecule has 0 saturated heterocycles. The summed E-state index contributed by atoms with van der Waals surface area (Å²) in [6.07, 6.45) is 29.0. The Labute approximate surface area is 232 Å². The van der Waals surface area contributed by atoms with Gasteiger partial charge in [0.1, 0.15) is 18.8 Å². The van der Waals surface area contributed by atoms with Gasteiger partial charge in [0.05, 0.1) is 19.6 Å². The fraction of sp³-hybridized carbons (Fsp3) is 0.571. The Morgan fingerprint density at radius 1 is 0.795 bits per heavy atom. The minimum absolute atomic E-state index is 0.0103. The van der Waals surface area contributed by atoms with Crippen molar-refractivity contribution in [2.45, 2.75) is 83.3 Å². The third-order valence-electron chi connectivity index (χ3n) is 5.03. The van der Waals surface area contributed by atoms with Crippen LogP contribution in [-0.2, 0) is 27.9 Å². The van der Waals surface area contributed by atoms with Crippen molar-refractivity contribution >= 4 is 19.8 Å². The number of hydrogen-bond acceptors (Lipinski definition) is 8. The van der Waals surface area contributed by atoms with Crippen LogP contribution in [0.2, 0.25) is 0 Å². The number of rotatable bonds is 24. The molecule has 0 aromatic heterocycles. The number of nitrogens with two attached hydrogens (primary N) is 1. The Kier molecular flexibility index (Phi) is 23.2. The van der Waals surface area contributed by atoms with Crippen molar-refractivity contribution < 1.29 is 43.0 Å². The summed E-state index contributed by atoms with van der Waals surface area (Å²) in [5.74, 6) is -1.99. The van der Waals surface area contributed by atoms with Gasteiger partial charge in [-0.2, -0.15) is 0 Å². The van der Waals surface area contributed by atoms with E-state index < -0.39 is 51.7 Å². The predicted molar refractivity (Wildman–Crippen MR) is 152 cm³/mol. The monoisotopic (exact) mass is 571 g/mol. The molecule has 222 valence electrons. The van der Waals surface area contributed by atoms with E-state index in [0.717, 1.165) is 19.3 Å². The number of carbonyl (C=O) groups excluding carboxylic acids is 1. The zero-order chi connectivity index (χ0) is 29.2. The molecular weight excluding hydrogens is 525 g/mol. The zero-order valence-corrected chi connectivity index (χ0v) is 23.8. The van der Waals surface area contributed by atoms with Gasteiger partial charge in [0.2, 0.25) is 0 Å². The van der Waals surface area contributed by atoms with E-state index >= 15 is 0 Å². The lowest BCUT2D eigenvalue weighted by Gasteiger charge is -2.16. The maximum Gasteiger partial charge on any atom is 0.472 e. The number of phosphoric ester groups is 1. The van der Waals surface area contributed by atoms with Gasteiger partial charge in [-0.3, -0.25) is 18.6 Å². The van der Waals surface area contributed by atoms with Gasteiger partial charge in [-0.05, 0) is 38.5 Å². The number of aliphatic carboxylic acids is 1. The first-order valence-corrected chi connectivity index (χ1v) is 14.9. The summed E-state index contributed by atoms with van der Waals surface area (Å²) in [4.78, 5) is 31.7. The van der Waals surface area contributed by atoms with Crippen molar-refractivity contribution in [2.24, 2.45) is 5.73 Å². The van der Waals surface area contributed by atoms with Crippen LogP contribution in [0.25, 0.3) is 0 Å². The highest BCUT2D eigenvalue weighted by Crippen LogP contribution is 2.43. The lowest BCUT2D eigenvalue weighted by atomic mass is 10.1. The summed E-state index contributed by atoms with van der Waals surface area (Å²) in [6, 6.07) is -1.50. The summed E-state index contributed by atoms with van der Waals surface area (Å²) < 4.78 is 25.4. The Morgan fingerprint density at radius 2 is 1.31 bits per heavy atom. The van der Waals surface area contributed by atoms with Gasteiger partial charge in [-0.25, -0.2) is 4.57 Å². The van der Waals surface area contributed by atoms with Gasteiger partial charge in [0, 0.05) is 0 Å². The highest BCUT2D eigenvalue weighted by atomic mass is 31.2. The van der Waals surface area contributed by atoms with E-state index in [-0.39, 0.29) is 6.42 Å². The quantitative estimate of drug-likeness (QED) is 0.0527. The first-order chi connectivity index (χ1) is 18.7. The Bertz CT molecular complexity index is 852. The van der Waals surface area contributed by atoms with Gasteiger partial charge < -0.3 is 25.6 Å². The molecule has 0 bridgehead atoms. The van der Waals surface area contributed by atoms with Crippen LogP contribution in [0.5, 0.6) is 0 Å². The first kappa shape index (κ1) is 36.7. The predicted octanol–water partition coefficient (Wildman–Crippen LogP) is 5.14. The topological polar surface area (TPSA) is 166 Å². The second kappa shape index (κ2) is 24.7. The summed E-state index contributed by atoms with van der Waals surface area (Å²) in [7, 11) is -4.61. The largest absolute Gasteiger partial charge is 0.480 e. The van der Waals surface area contributed by atoms with E-state index in [9.17, 15) is 24.2 Å². The summed E-state index contributed by atoms with van der Waals surface area (Å²) >= 11 is 0. The molecule has 0 spiro atoms. The second-order valence-electron chi connectivity index (χ2n) is 8.69. The first-order valence-electron chi connectivity index (χ1n) is 13.4. The molecule has 0 aliphatic carbocycles. The Morgan fingerprint density at radius 3 is 1.85 bits per heavy atom. The van der Waals surface area contributed by atoms with E-state index in [1.807, 2.05) is 18.2 Å². The number of esters is 1. The minimum atomic E-state index is -4.61. The van der Waals surface area contributed by atoms with Crippen LogP contribution >= 0.6 is 7.82 Å². The van der Waals surface area contributed by atoms with Crippen molar-refractivity contribution in [1.82, 2.24) is 0 Å². The van der Waals surface area contributed by atoms with E-state index in [1.165, 1.54) is 32.1 Å². The lowest BCUT2D eigenvalue weighted by molar-refractivity contribution is -0.146. The molecule has 0 rings (SSSR count). The molecule has 0 radical (unpaired) electrons. The minimum Gasteiger partial charge on any atom is -0.480 e. The summed E-state index contributed by atoms with van der Waals surface area (Å²) in [6.45, 7) is 0.368. The number of carboxylic acid groups (broad SMARTS) is 1. The van der Waals surface area contributed by atoms with Gasteiger partial charge in [0.25, 0.3) is 0 Å². The lowest BCUT2D eigenvalue weighted by Crippen LogP contribution is -2.34. The molecule has 5 N–H and O–H groups in total. The molecule has 39 heavy (non-hydrogen) atoms. The SMILES string of the molecule is CCCCCCC=CCC=CCC=CCC=CCC=CCC(=O)OC[C@@H](O)COP(=O)(O)OC[C@H](N)C(=O)O. The molecule has 0 aliphatic rings. The fourth-order valence-corrected chi connectivity index (χ4v) is 3.61. The number of carboxylic acids is 1. The van der Waals surface area contributed by atoms with E-state index in [2.05, 4.69) is 52.4 Å². The highest BCUT2D eigenvalue weighted by molar-refractivity contribution is 7.47. The van der Waals surface area contributed by atoms with Crippen LogP contribution < -0.4 is 5.73 Å². The number of aliphatic hydroxyl groups is 1. The van der Waals surface area contributed by atoms with Crippen LogP contribution in [0.15, 0.2) is 60.8 Å². The standard InChI is InChI=1S/C28H46NO9P/c1-2-3-4-5-6-7-8-9-10-11-12-13-14-15-16-17-18-19-20-21-27(31)36-22-25(30)23-37-39(34,35)38-24-26(29)28(32)33/h7-8,10-11,13-14,16-17,19-20,25-26,30H,2-6,9,12,15,18,21-24,29H2,1H3,(H,32,33)(H,34,35)/t25-,26+/m1/s1. The summed E-state index contributed by atoms with van der Waals surface area (Å²) in [5, 5.41) is 18.3. The third-order valence-corrected chi connectivity index (χ3v) is 5.98. The van der Waals surface area contributed by atoms with Gasteiger partial charge in [0.15, 0.2) is 0 Å². The molecule has 11 heteroatoms. The number of phosphoric acid groups is 1. The van der Waals surface area contributed by atoms with Crippen molar-refractivity contribution in [2.75, 3.05) is 19.8 Å². The van der Waals surface area contributed by atoms with Gasteiger partial charge >= 0.3 is 19.8 Å². The number of unbranched alkanes of at least 4 members (excludes halogenated alkanes) is 4. The average molecular weight is 572 g/mol. The average Bonchev–Trinajstić information content (AvgIpc) is 2.90. The highest BCUT2D eigenvalue weighted by Gasteiger charge is 2.26. The van der Waals surface area contributed by atoms with Crippen molar-refractivity contribution in [3.8, 4) is 0 Å². The molecule has 0 heterocycles. The van der Waals surface area contributed by atoms with Crippen molar-refractivity contribution in [3.05, 3.63) is 60.8 Å². The number of hydrogen-bond donors (Lipinski definition) is 4. The summed E-state index contributed by atoms with van der Waals surface area (Å²) in [5.41, 5.74) is 5.15. The molecule has 10 nitrogen and oxygen atoms in total. The molecule has 0 saturated carbocycles. The normalized spacial score (nSPS) is 15.6. The number of aliphatic hydroxyl groups excluding tert-OH is 1. The number of ether oxygens (including phenoxy) is 1. The van der Waals surface area contributed by atoms with Crippen LogP contribution in [-0.4, -0.2) is 59.0 Å². The maximum absolute atomic E-state index is 11.7. The van der Waals surface area contributed by atoms with Crippen LogP contribution in [0.4, 0.5) is 0 Å². The fourth-order valence-electron chi connectivity index (χ4n) is 2.83. The molecule has 0 aromatic carbocycles. The van der Waals surface area contributed by atoms with Crippen LogP contribution in [0.3, 0.4) is 0 Å².